The quantitative estimate of drug-likeness (QED) is 0.622. The molecule has 0 aliphatic heterocycles. The molecule has 0 saturated heterocycles. The first-order valence-corrected chi connectivity index (χ1v) is 10.4. The molecule has 0 saturated carbocycles. The van der Waals surface area contributed by atoms with Crippen LogP contribution in [0.1, 0.15) is 18.3 Å². The van der Waals surface area contributed by atoms with Gasteiger partial charge in [0.15, 0.2) is 0 Å². The van der Waals surface area contributed by atoms with Crippen LogP contribution in [-0.4, -0.2) is 36.4 Å². The standard InChI is InChI=1S/C19H22ClN3O3S/c1-5-23-18-9-7-15(27(24,25)22(3)4)11-17(18)21-19(23)12-26-14-6-8-16(20)13(2)10-14/h6-11H,5,12H2,1-4H3. The zero-order chi connectivity index (χ0) is 19.8. The third kappa shape index (κ3) is 3.81. The molecule has 1 aromatic heterocycles. The second kappa shape index (κ2) is 7.50. The van der Waals surface area contributed by atoms with E-state index in [1.54, 1.807) is 24.3 Å². The lowest BCUT2D eigenvalue weighted by molar-refractivity contribution is 0.290. The SMILES string of the molecule is CCn1c(COc2ccc(Cl)c(C)c2)nc2cc(S(=O)(=O)N(C)C)ccc21. The number of aromatic nitrogens is 2. The summed E-state index contributed by atoms with van der Waals surface area (Å²) in [4.78, 5) is 4.82. The summed E-state index contributed by atoms with van der Waals surface area (Å²) >= 11 is 6.05. The van der Waals surface area contributed by atoms with Crippen LogP contribution in [0.15, 0.2) is 41.3 Å². The molecular formula is C19H22ClN3O3S. The summed E-state index contributed by atoms with van der Waals surface area (Å²) in [6, 6.07) is 10.5. The first-order valence-electron chi connectivity index (χ1n) is 8.54. The maximum atomic E-state index is 12.4. The molecule has 0 amide bonds. The highest BCUT2D eigenvalue weighted by Gasteiger charge is 2.19. The predicted molar refractivity (Wildman–Crippen MR) is 107 cm³/mol. The van der Waals surface area contributed by atoms with Gasteiger partial charge in [-0.05, 0) is 55.8 Å². The molecule has 0 atom stereocenters. The number of imidazole rings is 1. The molecule has 144 valence electrons. The van der Waals surface area contributed by atoms with E-state index >= 15 is 0 Å². The van der Waals surface area contributed by atoms with E-state index in [1.807, 2.05) is 30.5 Å². The van der Waals surface area contributed by atoms with Gasteiger partial charge in [-0.1, -0.05) is 11.6 Å². The van der Waals surface area contributed by atoms with Gasteiger partial charge in [0.2, 0.25) is 10.0 Å². The molecule has 0 spiro atoms. The van der Waals surface area contributed by atoms with Gasteiger partial charge in [0, 0.05) is 25.7 Å². The van der Waals surface area contributed by atoms with Crippen molar-refractivity contribution in [2.45, 2.75) is 31.9 Å². The van der Waals surface area contributed by atoms with Crippen molar-refractivity contribution in [1.29, 1.82) is 0 Å². The number of ether oxygens (including phenoxy) is 1. The van der Waals surface area contributed by atoms with Crippen LogP contribution in [0.5, 0.6) is 5.75 Å². The van der Waals surface area contributed by atoms with Crippen LogP contribution in [0.3, 0.4) is 0 Å². The number of hydrogen-bond donors (Lipinski definition) is 0. The molecule has 3 rings (SSSR count). The van der Waals surface area contributed by atoms with E-state index in [-0.39, 0.29) is 11.5 Å². The molecule has 0 aliphatic rings. The first-order chi connectivity index (χ1) is 12.7. The van der Waals surface area contributed by atoms with Crippen molar-refractivity contribution < 1.29 is 13.2 Å². The average Bonchev–Trinajstić information content (AvgIpc) is 2.99. The van der Waals surface area contributed by atoms with Crippen LogP contribution in [-0.2, 0) is 23.2 Å². The van der Waals surface area contributed by atoms with Gasteiger partial charge in [0.05, 0.1) is 15.9 Å². The van der Waals surface area contributed by atoms with Crippen LogP contribution < -0.4 is 4.74 Å². The van der Waals surface area contributed by atoms with Gasteiger partial charge >= 0.3 is 0 Å². The van der Waals surface area contributed by atoms with Crippen molar-refractivity contribution in [1.82, 2.24) is 13.9 Å². The van der Waals surface area contributed by atoms with E-state index < -0.39 is 10.0 Å². The predicted octanol–water partition coefficient (Wildman–Crippen LogP) is 3.85. The molecule has 0 aliphatic carbocycles. The normalized spacial score (nSPS) is 12.1. The molecule has 0 fully saturated rings. The van der Waals surface area contributed by atoms with Gasteiger partial charge in [0.1, 0.15) is 18.2 Å². The monoisotopic (exact) mass is 407 g/mol. The minimum atomic E-state index is -3.50. The Hall–Kier alpha value is -2.09. The summed E-state index contributed by atoms with van der Waals surface area (Å²) in [5.74, 6) is 1.45. The van der Waals surface area contributed by atoms with Gasteiger partial charge < -0.3 is 9.30 Å². The molecule has 2 aromatic carbocycles. The highest BCUT2D eigenvalue weighted by atomic mass is 35.5. The zero-order valence-corrected chi connectivity index (χ0v) is 17.3. The number of rotatable bonds is 6. The molecule has 6 nitrogen and oxygen atoms in total. The fourth-order valence-corrected chi connectivity index (χ4v) is 3.89. The molecule has 1 heterocycles. The number of sulfonamides is 1. The number of fused-ring (bicyclic) bond motifs is 1. The topological polar surface area (TPSA) is 64.4 Å². The molecule has 0 N–H and O–H groups in total. The van der Waals surface area contributed by atoms with E-state index in [2.05, 4.69) is 4.98 Å². The number of halogens is 1. The summed E-state index contributed by atoms with van der Waals surface area (Å²) in [6.07, 6.45) is 0. The summed E-state index contributed by atoms with van der Waals surface area (Å²) in [7, 11) is -0.480. The maximum Gasteiger partial charge on any atom is 0.242 e. The van der Waals surface area contributed by atoms with Crippen molar-refractivity contribution in [3.63, 3.8) is 0 Å². The lowest BCUT2D eigenvalue weighted by Crippen LogP contribution is -2.22. The summed E-state index contributed by atoms with van der Waals surface area (Å²) in [5, 5.41) is 0.692. The molecule has 0 unspecified atom stereocenters. The number of aryl methyl sites for hydroxylation is 2. The second-order valence-electron chi connectivity index (χ2n) is 6.41. The van der Waals surface area contributed by atoms with Crippen LogP contribution >= 0.6 is 11.6 Å². The Kier molecular flexibility index (Phi) is 5.46. The van der Waals surface area contributed by atoms with E-state index in [0.29, 0.717) is 22.8 Å². The lowest BCUT2D eigenvalue weighted by Gasteiger charge is -2.11. The lowest BCUT2D eigenvalue weighted by atomic mass is 10.2. The Balaban J connectivity index is 1.94. The Morgan fingerprint density at radius 3 is 2.56 bits per heavy atom. The van der Waals surface area contributed by atoms with Crippen molar-refractivity contribution in [2.75, 3.05) is 14.1 Å². The van der Waals surface area contributed by atoms with Gasteiger partial charge in [-0.2, -0.15) is 0 Å². The van der Waals surface area contributed by atoms with E-state index in [1.165, 1.54) is 18.4 Å². The molecule has 0 radical (unpaired) electrons. The Morgan fingerprint density at radius 1 is 1.19 bits per heavy atom. The van der Waals surface area contributed by atoms with Crippen LogP contribution in [0, 0.1) is 6.92 Å². The zero-order valence-electron chi connectivity index (χ0n) is 15.7. The Bertz CT molecular complexity index is 1090. The summed E-state index contributed by atoms with van der Waals surface area (Å²) in [6.45, 7) is 4.92. The van der Waals surface area contributed by atoms with Crippen molar-refractivity contribution >= 4 is 32.7 Å². The number of benzene rings is 2. The van der Waals surface area contributed by atoms with Gasteiger partial charge in [-0.25, -0.2) is 17.7 Å². The fourth-order valence-electron chi connectivity index (χ4n) is 2.85. The highest BCUT2D eigenvalue weighted by molar-refractivity contribution is 7.89. The fraction of sp³-hybridized carbons (Fsp3) is 0.316. The molecule has 3 aromatic rings. The van der Waals surface area contributed by atoms with Crippen LogP contribution in [0.4, 0.5) is 0 Å². The minimum absolute atomic E-state index is 0.224. The Labute approximate surface area is 164 Å². The molecule has 8 heteroatoms. The highest BCUT2D eigenvalue weighted by Crippen LogP contribution is 2.24. The molecule has 27 heavy (non-hydrogen) atoms. The summed E-state index contributed by atoms with van der Waals surface area (Å²) in [5.41, 5.74) is 2.45. The minimum Gasteiger partial charge on any atom is -0.486 e. The van der Waals surface area contributed by atoms with Gasteiger partial charge in [0.25, 0.3) is 0 Å². The smallest absolute Gasteiger partial charge is 0.242 e. The largest absolute Gasteiger partial charge is 0.486 e. The van der Waals surface area contributed by atoms with Gasteiger partial charge in [-0.15, -0.1) is 0 Å². The number of nitrogens with zero attached hydrogens (tertiary/aromatic N) is 3. The Morgan fingerprint density at radius 2 is 1.93 bits per heavy atom. The van der Waals surface area contributed by atoms with E-state index in [9.17, 15) is 8.42 Å². The van der Waals surface area contributed by atoms with Crippen LogP contribution in [0.2, 0.25) is 5.02 Å². The average molecular weight is 408 g/mol. The van der Waals surface area contributed by atoms with Crippen molar-refractivity contribution in [2.24, 2.45) is 0 Å². The first kappa shape index (κ1) is 19.7. The second-order valence-corrected chi connectivity index (χ2v) is 8.97. The van der Waals surface area contributed by atoms with E-state index in [0.717, 1.165) is 16.9 Å². The number of hydrogen-bond acceptors (Lipinski definition) is 4. The third-order valence-electron chi connectivity index (χ3n) is 4.39. The van der Waals surface area contributed by atoms with Gasteiger partial charge in [-0.3, -0.25) is 0 Å². The van der Waals surface area contributed by atoms with Crippen molar-refractivity contribution in [3.05, 3.63) is 52.8 Å². The summed E-state index contributed by atoms with van der Waals surface area (Å²) < 4.78 is 33.8. The molecular weight excluding hydrogens is 386 g/mol. The van der Waals surface area contributed by atoms with E-state index in [4.69, 9.17) is 16.3 Å². The maximum absolute atomic E-state index is 12.4. The molecule has 0 bridgehead atoms. The third-order valence-corrected chi connectivity index (χ3v) is 6.63. The van der Waals surface area contributed by atoms with Crippen LogP contribution in [0.25, 0.3) is 11.0 Å². The van der Waals surface area contributed by atoms with Crippen molar-refractivity contribution in [3.8, 4) is 5.75 Å².